The largest absolute Gasteiger partial charge is 0.444 e. The Morgan fingerprint density at radius 1 is 1.25 bits per heavy atom. The minimum Gasteiger partial charge on any atom is -0.444 e. The fourth-order valence-corrected chi connectivity index (χ4v) is 2.93. The molecule has 0 aromatic carbocycles. The van der Waals surface area contributed by atoms with Gasteiger partial charge in [0, 0.05) is 37.7 Å². The minimum absolute atomic E-state index is 0.206. The lowest BCUT2D eigenvalue weighted by Crippen LogP contribution is -2.50. The Kier molecular flexibility index (Phi) is 4.58. The molecule has 0 atom stereocenters. The van der Waals surface area contributed by atoms with Gasteiger partial charge in [0.1, 0.15) is 17.4 Å². The number of rotatable bonds is 4. The predicted molar refractivity (Wildman–Crippen MR) is 87.3 cm³/mol. The first-order valence-electron chi connectivity index (χ1n) is 8.30. The van der Waals surface area contributed by atoms with Crippen molar-refractivity contribution in [2.24, 2.45) is 5.92 Å². The average molecular weight is 330 g/mol. The molecule has 2 fully saturated rings. The van der Waals surface area contributed by atoms with Crippen LogP contribution >= 0.6 is 0 Å². The van der Waals surface area contributed by atoms with Gasteiger partial charge in [0.2, 0.25) is 17.7 Å². The molecule has 0 bridgehead atoms. The van der Waals surface area contributed by atoms with E-state index in [1.54, 1.807) is 13.8 Å². The molecule has 1 aromatic heterocycles. The zero-order chi connectivity index (χ0) is 17.3. The summed E-state index contributed by atoms with van der Waals surface area (Å²) in [6.07, 6.45) is 2.04. The molecular formula is C17H22N4O3. The van der Waals surface area contributed by atoms with Gasteiger partial charge in [-0.2, -0.15) is 5.26 Å². The van der Waals surface area contributed by atoms with Crippen LogP contribution in [0.1, 0.15) is 29.7 Å². The molecule has 0 radical (unpaired) electrons. The van der Waals surface area contributed by atoms with Gasteiger partial charge in [0.05, 0.1) is 6.54 Å². The normalized spacial score (nSPS) is 18.3. The van der Waals surface area contributed by atoms with E-state index in [1.165, 1.54) is 0 Å². The standard InChI is InChI=1S/C17H22N4O3/c1-11-12(2)24-16(14(11)9-18)19-15(22)10-20-5-7-21(8-6-20)17(23)13-3-4-13/h13H,3-8,10H2,1-2H3,(H,19,22). The van der Waals surface area contributed by atoms with Crippen molar-refractivity contribution in [1.82, 2.24) is 9.80 Å². The average Bonchev–Trinajstić information content (AvgIpc) is 3.36. The highest BCUT2D eigenvalue weighted by Crippen LogP contribution is 2.31. The molecule has 24 heavy (non-hydrogen) atoms. The van der Waals surface area contributed by atoms with Crippen molar-refractivity contribution in [3.63, 3.8) is 0 Å². The van der Waals surface area contributed by atoms with Gasteiger partial charge in [-0.3, -0.25) is 19.8 Å². The van der Waals surface area contributed by atoms with E-state index < -0.39 is 0 Å². The minimum atomic E-state index is -0.206. The number of anilines is 1. The second-order valence-electron chi connectivity index (χ2n) is 6.52. The van der Waals surface area contributed by atoms with Gasteiger partial charge in [-0.25, -0.2) is 0 Å². The van der Waals surface area contributed by atoms with Crippen LogP contribution in [0.5, 0.6) is 0 Å². The molecule has 2 heterocycles. The molecule has 2 amide bonds. The molecule has 0 spiro atoms. The van der Waals surface area contributed by atoms with E-state index in [9.17, 15) is 9.59 Å². The summed E-state index contributed by atoms with van der Waals surface area (Å²) in [6.45, 7) is 6.51. The van der Waals surface area contributed by atoms with Crippen molar-refractivity contribution < 1.29 is 14.0 Å². The molecule has 7 heteroatoms. The summed E-state index contributed by atoms with van der Waals surface area (Å²) in [7, 11) is 0. The highest BCUT2D eigenvalue weighted by molar-refractivity contribution is 5.92. The van der Waals surface area contributed by atoms with Gasteiger partial charge in [-0.1, -0.05) is 0 Å². The van der Waals surface area contributed by atoms with Crippen LogP contribution in [0, 0.1) is 31.1 Å². The Bertz CT molecular complexity index is 691. The summed E-state index contributed by atoms with van der Waals surface area (Å²) in [5, 5.41) is 11.9. The fraction of sp³-hybridized carbons (Fsp3) is 0.588. The lowest BCUT2D eigenvalue weighted by Gasteiger charge is -2.34. The number of piperazine rings is 1. The lowest BCUT2D eigenvalue weighted by molar-refractivity contribution is -0.134. The van der Waals surface area contributed by atoms with E-state index in [1.807, 2.05) is 9.80 Å². The topological polar surface area (TPSA) is 89.6 Å². The third-order valence-corrected chi connectivity index (χ3v) is 4.73. The molecule has 1 saturated carbocycles. The first kappa shape index (κ1) is 16.5. The van der Waals surface area contributed by atoms with Crippen LogP contribution < -0.4 is 5.32 Å². The molecule has 7 nitrogen and oxygen atoms in total. The van der Waals surface area contributed by atoms with Gasteiger partial charge in [0.25, 0.3) is 0 Å². The smallest absolute Gasteiger partial charge is 0.240 e. The van der Waals surface area contributed by atoms with Gasteiger partial charge >= 0.3 is 0 Å². The zero-order valence-corrected chi connectivity index (χ0v) is 14.1. The Morgan fingerprint density at radius 2 is 1.92 bits per heavy atom. The number of nitrogens with one attached hydrogen (secondary N) is 1. The third-order valence-electron chi connectivity index (χ3n) is 4.73. The van der Waals surface area contributed by atoms with Crippen LogP contribution in [0.4, 0.5) is 5.88 Å². The predicted octanol–water partition coefficient (Wildman–Crippen LogP) is 1.26. The summed E-state index contributed by atoms with van der Waals surface area (Å²) >= 11 is 0. The second-order valence-corrected chi connectivity index (χ2v) is 6.52. The molecule has 1 aromatic rings. The fourth-order valence-electron chi connectivity index (χ4n) is 2.93. The maximum absolute atomic E-state index is 12.2. The molecule has 3 rings (SSSR count). The van der Waals surface area contributed by atoms with Gasteiger partial charge in [-0.15, -0.1) is 0 Å². The van der Waals surface area contributed by atoms with Gasteiger partial charge < -0.3 is 9.32 Å². The molecule has 1 N–H and O–H groups in total. The number of hydrogen-bond acceptors (Lipinski definition) is 5. The van der Waals surface area contributed by atoms with Crippen LogP contribution in [0.15, 0.2) is 4.42 Å². The van der Waals surface area contributed by atoms with Gasteiger partial charge in [0.15, 0.2) is 0 Å². The summed E-state index contributed by atoms with van der Waals surface area (Å²) < 4.78 is 5.45. The maximum Gasteiger partial charge on any atom is 0.240 e. The first-order valence-corrected chi connectivity index (χ1v) is 8.30. The highest BCUT2D eigenvalue weighted by Gasteiger charge is 2.34. The van der Waals surface area contributed by atoms with Crippen LogP contribution in [0.2, 0.25) is 0 Å². The monoisotopic (exact) mass is 330 g/mol. The SMILES string of the molecule is Cc1oc(NC(=O)CN2CCN(C(=O)C3CC3)CC2)c(C#N)c1C. The Hall–Kier alpha value is -2.33. The molecule has 1 saturated heterocycles. The number of furan rings is 1. The molecule has 1 aliphatic heterocycles. The molecular weight excluding hydrogens is 308 g/mol. The number of carbonyl (C=O) groups is 2. The van der Waals surface area contributed by atoms with Crippen molar-refractivity contribution in [2.75, 3.05) is 38.0 Å². The van der Waals surface area contributed by atoms with Crippen molar-refractivity contribution in [2.45, 2.75) is 26.7 Å². The lowest BCUT2D eigenvalue weighted by atomic mass is 10.2. The highest BCUT2D eigenvalue weighted by atomic mass is 16.4. The van der Waals surface area contributed by atoms with Crippen LogP contribution in [-0.2, 0) is 9.59 Å². The third kappa shape index (κ3) is 3.44. The summed E-state index contributed by atoms with van der Waals surface area (Å²) in [5.74, 6) is 1.16. The van der Waals surface area contributed by atoms with E-state index in [0.717, 1.165) is 18.4 Å². The number of nitrogens with zero attached hydrogens (tertiary/aromatic N) is 3. The number of hydrogen-bond donors (Lipinski definition) is 1. The summed E-state index contributed by atoms with van der Waals surface area (Å²) in [5.41, 5.74) is 1.13. The van der Waals surface area contributed by atoms with Gasteiger partial charge in [-0.05, 0) is 26.7 Å². The van der Waals surface area contributed by atoms with Crippen molar-refractivity contribution in [3.05, 3.63) is 16.9 Å². The number of carbonyl (C=O) groups excluding carboxylic acids is 2. The summed E-state index contributed by atoms with van der Waals surface area (Å²) in [6, 6.07) is 2.06. The number of amides is 2. The van der Waals surface area contributed by atoms with E-state index in [2.05, 4.69) is 11.4 Å². The van der Waals surface area contributed by atoms with E-state index >= 15 is 0 Å². The maximum atomic E-state index is 12.2. The van der Waals surface area contributed by atoms with Crippen molar-refractivity contribution in [3.8, 4) is 6.07 Å². The second kappa shape index (κ2) is 6.65. The molecule has 2 aliphatic rings. The van der Waals surface area contributed by atoms with Crippen LogP contribution in [-0.4, -0.2) is 54.3 Å². The molecule has 0 unspecified atom stereocenters. The summed E-state index contributed by atoms with van der Waals surface area (Å²) in [4.78, 5) is 28.1. The number of aryl methyl sites for hydroxylation is 1. The van der Waals surface area contributed by atoms with E-state index in [0.29, 0.717) is 37.5 Å². The first-order chi connectivity index (χ1) is 11.5. The van der Waals surface area contributed by atoms with Crippen molar-refractivity contribution in [1.29, 1.82) is 5.26 Å². The Labute approximate surface area is 141 Å². The Morgan fingerprint density at radius 3 is 2.50 bits per heavy atom. The number of nitriles is 1. The quantitative estimate of drug-likeness (QED) is 0.898. The van der Waals surface area contributed by atoms with Crippen molar-refractivity contribution >= 4 is 17.7 Å². The molecule has 1 aliphatic carbocycles. The van der Waals surface area contributed by atoms with Crippen LogP contribution in [0.25, 0.3) is 0 Å². The molecule has 128 valence electrons. The Balaban J connectivity index is 1.50. The van der Waals surface area contributed by atoms with Crippen LogP contribution in [0.3, 0.4) is 0 Å². The van der Waals surface area contributed by atoms with E-state index in [-0.39, 0.29) is 30.2 Å². The zero-order valence-electron chi connectivity index (χ0n) is 14.1. The van der Waals surface area contributed by atoms with E-state index in [4.69, 9.17) is 9.68 Å².